The van der Waals surface area contributed by atoms with E-state index in [1.807, 2.05) is 0 Å². The molecule has 0 unspecified atom stereocenters. The van der Waals surface area contributed by atoms with Crippen LogP contribution >= 0.6 is 0 Å². The van der Waals surface area contributed by atoms with E-state index in [1.165, 1.54) is 12.1 Å². The fraction of sp³-hybridized carbons (Fsp3) is 0.438. The van der Waals surface area contributed by atoms with Crippen LogP contribution in [0.25, 0.3) is 0 Å². The van der Waals surface area contributed by atoms with Gasteiger partial charge in [-0.25, -0.2) is 9.18 Å². The molecule has 1 fully saturated rings. The summed E-state index contributed by atoms with van der Waals surface area (Å²) >= 11 is 0. The average Bonchev–Trinajstić information content (AvgIpc) is 2.77. The molecule has 4 amide bonds. The molecular formula is C16H21FN4O3. The minimum Gasteiger partial charge on any atom is -0.352 e. The summed E-state index contributed by atoms with van der Waals surface area (Å²) in [7, 11) is 0. The number of hydrogen-bond donors (Lipinski definition) is 2. The highest BCUT2D eigenvalue weighted by atomic mass is 19.1. The second-order valence-corrected chi connectivity index (χ2v) is 5.76. The van der Waals surface area contributed by atoms with Crippen LogP contribution in [0.3, 0.4) is 0 Å². The lowest BCUT2D eigenvalue weighted by molar-refractivity contribution is -0.129. The van der Waals surface area contributed by atoms with E-state index in [1.54, 1.807) is 22.8 Å². The molecule has 8 heteroatoms. The molecule has 0 bridgehead atoms. The van der Waals surface area contributed by atoms with Gasteiger partial charge in [-0.15, -0.1) is 0 Å². The van der Waals surface area contributed by atoms with E-state index in [-0.39, 0.29) is 18.4 Å². The summed E-state index contributed by atoms with van der Waals surface area (Å²) in [4.78, 5) is 38.4. The first-order chi connectivity index (χ1) is 11.4. The zero-order valence-corrected chi connectivity index (χ0v) is 13.5. The van der Waals surface area contributed by atoms with E-state index >= 15 is 0 Å². The highest BCUT2D eigenvalue weighted by Gasteiger charge is 2.23. The molecule has 0 spiro atoms. The topological polar surface area (TPSA) is 95.7 Å². The van der Waals surface area contributed by atoms with Crippen LogP contribution in [-0.2, 0) is 4.79 Å². The number of nitrogens with zero attached hydrogens (tertiary/aromatic N) is 2. The predicted octanol–water partition coefficient (Wildman–Crippen LogP) is 0.477. The summed E-state index contributed by atoms with van der Waals surface area (Å²) in [6, 6.07) is 3.48. The smallest absolute Gasteiger partial charge is 0.312 e. The van der Waals surface area contributed by atoms with Crippen LogP contribution in [-0.4, -0.2) is 60.4 Å². The molecule has 1 aliphatic heterocycles. The minimum atomic E-state index is -0.753. The van der Waals surface area contributed by atoms with Gasteiger partial charge in [0.1, 0.15) is 5.82 Å². The van der Waals surface area contributed by atoms with Crippen molar-refractivity contribution in [2.24, 2.45) is 5.73 Å². The van der Waals surface area contributed by atoms with Gasteiger partial charge in [0.15, 0.2) is 0 Å². The summed E-state index contributed by atoms with van der Waals surface area (Å²) in [5.74, 6) is -0.936. The Balaban J connectivity index is 1.98. The van der Waals surface area contributed by atoms with Crippen LogP contribution < -0.4 is 11.1 Å². The Morgan fingerprint density at radius 1 is 1.12 bits per heavy atom. The molecule has 1 heterocycles. The first-order valence-corrected chi connectivity index (χ1v) is 7.74. The van der Waals surface area contributed by atoms with Crippen molar-refractivity contribution in [3.05, 3.63) is 35.1 Å². The van der Waals surface area contributed by atoms with Crippen molar-refractivity contribution in [2.45, 2.75) is 13.3 Å². The summed E-state index contributed by atoms with van der Waals surface area (Å²) in [5.41, 5.74) is 5.94. The number of urea groups is 1. The Bertz CT molecular complexity index is 630. The van der Waals surface area contributed by atoms with Crippen molar-refractivity contribution < 1.29 is 18.8 Å². The monoisotopic (exact) mass is 336 g/mol. The van der Waals surface area contributed by atoms with Crippen LogP contribution in [0.4, 0.5) is 9.18 Å². The van der Waals surface area contributed by atoms with Gasteiger partial charge in [0.25, 0.3) is 5.91 Å². The van der Waals surface area contributed by atoms with Crippen LogP contribution in [0, 0.1) is 12.7 Å². The second kappa shape index (κ2) is 7.76. The van der Waals surface area contributed by atoms with E-state index in [9.17, 15) is 18.8 Å². The van der Waals surface area contributed by atoms with E-state index in [0.29, 0.717) is 43.7 Å². The largest absolute Gasteiger partial charge is 0.352 e. The highest BCUT2D eigenvalue weighted by molar-refractivity contribution is 5.94. The Morgan fingerprint density at radius 3 is 2.46 bits per heavy atom. The summed E-state index contributed by atoms with van der Waals surface area (Å²) in [5, 5.41) is 2.26. The number of rotatable bonds is 3. The molecule has 2 rings (SSSR count). The quantitative estimate of drug-likeness (QED) is 0.840. The standard InChI is InChI=1S/C16H21FN4O3/c1-11-7-12(9-13(17)8-11)15(23)21-4-2-3-20(5-6-21)14(22)10-19-16(18)24/h7-9H,2-6,10H2,1H3,(H3,18,19,24). The second-order valence-electron chi connectivity index (χ2n) is 5.76. The number of halogens is 1. The molecule has 7 nitrogen and oxygen atoms in total. The molecule has 0 aromatic heterocycles. The van der Waals surface area contributed by atoms with Gasteiger partial charge in [-0.2, -0.15) is 0 Å². The van der Waals surface area contributed by atoms with Crippen molar-refractivity contribution in [1.29, 1.82) is 0 Å². The summed E-state index contributed by atoms with van der Waals surface area (Å²) < 4.78 is 13.5. The fourth-order valence-corrected chi connectivity index (χ4v) is 2.69. The van der Waals surface area contributed by atoms with E-state index in [4.69, 9.17) is 5.73 Å². The number of nitrogens with two attached hydrogens (primary N) is 1. The molecular weight excluding hydrogens is 315 g/mol. The first kappa shape index (κ1) is 17.7. The lowest BCUT2D eigenvalue weighted by atomic mass is 10.1. The third kappa shape index (κ3) is 4.68. The fourth-order valence-electron chi connectivity index (χ4n) is 2.69. The average molecular weight is 336 g/mol. The number of carbonyl (C=O) groups excluding carboxylic acids is 3. The molecule has 1 aliphatic rings. The maximum absolute atomic E-state index is 13.5. The maximum atomic E-state index is 13.5. The molecule has 0 saturated carbocycles. The molecule has 1 aromatic carbocycles. The number of amides is 4. The third-order valence-electron chi connectivity index (χ3n) is 3.84. The van der Waals surface area contributed by atoms with Crippen molar-refractivity contribution in [3.8, 4) is 0 Å². The lowest BCUT2D eigenvalue weighted by Crippen LogP contribution is -2.43. The molecule has 0 aliphatic carbocycles. The van der Waals surface area contributed by atoms with Gasteiger partial charge in [-0.3, -0.25) is 9.59 Å². The van der Waals surface area contributed by atoms with Gasteiger partial charge < -0.3 is 20.9 Å². The SMILES string of the molecule is Cc1cc(F)cc(C(=O)N2CCCN(C(=O)CNC(N)=O)CC2)c1. The van der Waals surface area contributed by atoms with Gasteiger partial charge in [-0.05, 0) is 37.1 Å². The zero-order valence-electron chi connectivity index (χ0n) is 13.5. The van der Waals surface area contributed by atoms with Crippen LogP contribution in [0.5, 0.6) is 0 Å². The predicted molar refractivity (Wildman–Crippen MR) is 85.8 cm³/mol. The molecule has 0 atom stereocenters. The van der Waals surface area contributed by atoms with Crippen LogP contribution in [0.1, 0.15) is 22.3 Å². The minimum absolute atomic E-state index is 0.160. The maximum Gasteiger partial charge on any atom is 0.312 e. The van der Waals surface area contributed by atoms with E-state index in [2.05, 4.69) is 5.32 Å². The normalized spacial score (nSPS) is 14.9. The summed E-state index contributed by atoms with van der Waals surface area (Å²) in [6.07, 6.45) is 0.613. The Morgan fingerprint density at radius 2 is 1.79 bits per heavy atom. The molecule has 1 saturated heterocycles. The summed E-state index contributed by atoms with van der Waals surface area (Å²) in [6.45, 7) is 3.27. The third-order valence-corrected chi connectivity index (χ3v) is 3.84. The zero-order chi connectivity index (χ0) is 17.7. The number of benzene rings is 1. The number of carbonyl (C=O) groups is 3. The van der Waals surface area contributed by atoms with Crippen molar-refractivity contribution in [1.82, 2.24) is 15.1 Å². The Labute approximate surface area is 139 Å². The van der Waals surface area contributed by atoms with Gasteiger partial charge in [-0.1, -0.05) is 0 Å². The van der Waals surface area contributed by atoms with E-state index in [0.717, 1.165) is 0 Å². The molecule has 24 heavy (non-hydrogen) atoms. The number of nitrogens with one attached hydrogen (secondary N) is 1. The van der Waals surface area contributed by atoms with Gasteiger partial charge in [0.2, 0.25) is 5.91 Å². The van der Waals surface area contributed by atoms with Gasteiger partial charge in [0.05, 0.1) is 6.54 Å². The highest BCUT2D eigenvalue weighted by Crippen LogP contribution is 2.13. The van der Waals surface area contributed by atoms with Gasteiger partial charge in [0, 0.05) is 31.7 Å². The van der Waals surface area contributed by atoms with Crippen LogP contribution in [0.15, 0.2) is 18.2 Å². The lowest BCUT2D eigenvalue weighted by Gasteiger charge is -2.22. The molecule has 130 valence electrons. The molecule has 0 radical (unpaired) electrons. The first-order valence-electron chi connectivity index (χ1n) is 7.74. The number of aryl methyl sites for hydroxylation is 1. The molecule has 3 N–H and O–H groups in total. The molecule has 1 aromatic rings. The van der Waals surface area contributed by atoms with Crippen molar-refractivity contribution in [2.75, 3.05) is 32.7 Å². The number of hydrogen-bond acceptors (Lipinski definition) is 3. The number of primary amides is 1. The van der Waals surface area contributed by atoms with Crippen LogP contribution in [0.2, 0.25) is 0 Å². The van der Waals surface area contributed by atoms with E-state index < -0.39 is 11.8 Å². The Kier molecular flexibility index (Phi) is 5.73. The van der Waals surface area contributed by atoms with Gasteiger partial charge >= 0.3 is 6.03 Å². The van der Waals surface area contributed by atoms with Crippen molar-refractivity contribution >= 4 is 17.8 Å². The Hall–Kier alpha value is -2.64. The van der Waals surface area contributed by atoms with Crippen molar-refractivity contribution in [3.63, 3.8) is 0 Å².